The molecule has 1 aromatic heterocycles. The highest BCUT2D eigenvalue weighted by atomic mass is 16.3. The maximum atomic E-state index is 9.84. The van der Waals surface area contributed by atoms with Crippen molar-refractivity contribution in [3.8, 4) is 17.1 Å². The average Bonchev–Trinajstić information content (AvgIpc) is 2.97. The Balaban J connectivity index is 1.54. The zero-order valence-corrected chi connectivity index (χ0v) is 12.1. The van der Waals surface area contributed by atoms with Crippen LogP contribution in [0.4, 0.5) is 0 Å². The quantitative estimate of drug-likeness (QED) is 0.791. The highest BCUT2D eigenvalue weighted by Gasteiger charge is 2.13. The highest BCUT2D eigenvalue weighted by molar-refractivity contribution is 5.65. The number of hydrogen-bond donors (Lipinski definition) is 3. The fourth-order valence-electron chi connectivity index (χ4n) is 2.79. The predicted octanol–water partition coefficient (Wildman–Crippen LogP) is 2.74. The standard InChI is InChI=1S/C17H22N2O2/c20-16-4-2-1-3-15(16)17-6-5-14(21-17)12-19-11-13-7-9-18-10-8-13/h1-6,13,18-20H,7-12H2. The van der Waals surface area contributed by atoms with Crippen LogP contribution in [-0.4, -0.2) is 24.7 Å². The molecule has 0 bridgehead atoms. The van der Waals surface area contributed by atoms with Gasteiger partial charge in [-0.2, -0.15) is 0 Å². The molecule has 4 nitrogen and oxygen atoms in total. The van der Waals surface area contributed by atoms with Gasteiger partial charge in [0.1, 0.15) is 17.3 Å². The smallest absolute Gasteiger partial charge is 0.138 e. The molecule has 0 saturated carbocycles. The summed E-state index contributed by atoms with van der Waals surface area (Å²) in [4.78, 5) is 0. The fraction of sp³-hybridized carbons (Fsp3) is 0.412. The minimum absolute atomic E-state index is 0.251. The number of nitrogens with one attached hydrogen (secondary N) is 2. The second-order valence-electron chi connectivity index (χ2n) is 5.61. The highest BCUT2D eigenvalue weighted by Crippen LogP contribution is 2.29. The largest absolute Gasteiger partial charge is 0.507 e. The summed E-state index contributed by atoms with van der Waals surface area (Å²) >= 11 is 0. The Morgan fingerprint density at radius 3 is 2.76 bits per heavy atom. The Morgan fingerprint density at radius 1 is 1.14 bits per heavy atom. The number of benzene rings is 1. The van der Waals surface area contributed by atoms with Crippen molar-refractivity contribution in [2.24, 2.45) is 5.92 Å². The molecule has 2 aromatic rings. The lowest BCUT2D eigenvalue weighted by Crippen LogP contribution is -2.33. The Bertz CT molecular complexity index is 574. The van der Waals surface area contributed by atoms with Crippen molar-refractivity contribution in [2.75, 3.05) is 19.6 Å². The van der Waals surface area contributed by atoms with E-state index in [1.807, 2.05) is 30.3 Å². The van der Waals surface area contributed by atoms with Crippen LogP contribution in [0.1, 0.15) is 18.6 Å². The van der Waals surface area contributed by atoms with E-state index in [0.717, 1.165) is 43.4 Å². The summed E-state index contributed by atoms with van der Waals surface area (Å²) in [5.41, 5.74) is 0.738. The molecular formula is C17H22N2O2. The summed E-state index contributed by atoms with van der Waals surface area (Å²) < 4.78 is 5.81. The van der Waals surface area contributed by atoms with E-state index >= 15 is 0 Å². The predicted molar refractivity (Wildman–Crippen MR) is 83.1 cm³/mol. The third kappa shape index (κ3) is 3.65. The monoisotopic (exact) mass is 286 g/mol. The van der Waals surface area contributed by atoms with Gasteiger partial charge in [0.15, 0.2) is 0 Å². The lowest BCUT2D eigenvalue weighted by molar-refractivity contribution is 0.350. The van der Waals surface area contributed by atoms with E-state index in [2.05, 4.69) is 10.6 Å². The topological polar surface area (TPSA) is 57.4 Å². The number of phenolic OH excluding ortho intramolecular Hbond substituents is 1. The van der Waals surface area contributed by atoms with E-state index in [-0.39, 0.29) is 5.75 Å². The van der Waals surface area contributed by atoms with Gasteiger partial charge in [-0.1, -0.05) is 12.1 Å². The first-order chi connectivity index (χ1) is 10.3. The molecule has 1 fully saturated rings. The minimum Gasteiger partial charge on any atom is -0.507 e. The molecule has 4 heteroatoms. The summed E-state index contributed by atoms with van der Waals surface area (Å²) in [5.74, 6) is 2.63. The SMILES string of the molecule is Oc1ccccc1-c1ccc(CNCC2CCNCC2)o1. The molecule has 0 amide bonds. The lowest BCUT2D eigenvalue weighted by atomic mass is 9.98. The van der Waals surface area contributed by atoms with E-state index in [0.29, 0.717) is 5.76 Å². The first-order valence-corrected chi connectivity index (χ1v) is 7.61. The van der Waals surface area contributed by atoms with Crippen LogP contribution in [0, 0.1) is 5.92 Å². The van der Waals surface area contributed by atoms with E-state index < -0.39 is 0 Å². The first-order valence-electron chi connectivity index (χ1n) is 7.61. The van der Waals surface area contributed by atoms with E-state index in [1.54, 1.807) is 6.07 Å². The van der Waals surface area contributed by atoms with Gasteiger partial charge in [-0.15, -0.1) is 0 Å². The fourth-order valence-corrected chi connectivity index (χ4v) is 2.79. The van der Waals surface area contributed by atoms with Gasteiger partial charge >= 0.3 is 0 Å². The van der Waals surface area contributed by atoms with Crippen molar-refractivity contribution in [1.29, 1.82) is 0 Å². The molecule has 1 aliphatic heterocycles. The zero-order valence-electron chi connectivity index (χ0n) is 12.1. The van der Waals surface area contributed by atoms with Gasteiger partial charge in [0, 0.05) is 0 Å². The van der Waals surface area contributed by atoms with Crippen molar-refractivity contribution in [3.63, 3.8) is 0 Å². The van der Waals surface area contributed by atoms with Gasteiger partial charge in [0.2, 0.25) is 0 Å². The van der Waals surface area contributed by atoms with Crippen LogP contribution in [0.5, 0.6) is 5.75 Å². The van der Waals surface area contributed by atoms with Crippen molar-refractivity contribution in [2.45, 2.75) is 19.4 Å². The molecule has 0 unspecified atom stereocenters. The molecule has 3 N–H and O–H groups in total. The molecule has 21 heavy (non-hydrogen) atoms. The van der Waals surface area contributed by atoms with E-state index in [9.17, 15) is 5.11 Å². The van der Waals surface area contributed by atoms with E-state index in [1.165, 1.54) is 12.8 Å². The number of hydrogen-bond acceptors (Lipinski definition) is 4. The molecule has 2 heterocycles. The molecule has 3 rings (SSSR count). The van der Waals surface area contributed by atoms with Crippen molar-refractivity contribution in [1.82, 2.24) is 10.6 Å². The molecule has 112 valence electrons. The van der Waals surface area contributed by atoms with E-state index in [4.69, 9.17) is 4.42 Å². The summed E-state index contributed by atoms with van der Waals surface area (Å²) in [6.07, 6.45) is 2.49. The molecular weight excluding hydrogens is 264 g/mol. The Morgan fingerprint density at radius 2 is 1.95 bits per heavy atom. The maximum Gasteiger partial charge on any atom is 0.138 e. The Kier molecular flexibility index (Phi) is 4.58. The van der Waals surface area contributed by atoms with Crippen molar-refractivity contribution >= 4 is 0 Å². The normalized spacial score (nSPS) is 16.2. The van der Waals surface area contributed by atoms with Crippen molar-refractivity contribution in [3.05, 3.63) is 42.2 Å². The molecule has 0 spiro atoms. The number of piperidine rings is 1. The molecule has 1 aromatic carbocycles. The number of furan rings is 1. The molecule has 1 saturated heterocycles. The first kappa shape index (κ1) is 14.2. The molecule has 0 aliphatic carbocycles. The van der Waals surface area contributed by atoms with Gasteiger partial charge in [0.05, 0.1) is 12.1 Å². The summed E-state index contributed by atoms with van der Waals surface area (Å²) in [6, 6.07) is 11.1. The number of para-hydroxylation sites is 1. The number of aromatic hydroxyl groups is 1. The van der Waals surface area contributed by atoms with Crippen LogP contribution in [-0.2, 0) is 6.54 Å². The zero-order chi connectivity index (χ0) is 14.5. The van der Waals surface area contributed by atoms with Crippen LogP contribution in [0.25, 0.3) is 11.3 Å². The maximum absolute atomic E-state index is 9.84. The van der Waals surface area contributed by atoms with Crippen LogP contribution in [0.3, 0.4) is 0 Å². The van der Waals surface area contributed by atoms with Crippen LogP contribution < -0.4 is 10.6 Å². The van der Waals surface area contributed by atoms with Crippen molar-refractivity contribution < 1.29 is 9.52 Å². The summed E-state index contributed by atoms with van der Waals surface area (Å²) in [7, 11) is 0. The molecule has 0 radical (unpaired) electrons. The Labute approximate surface area is 125 Å². The number of rotatable bonds is 5. The second kappa shape index (κ2) is 6.78. The average molecular weight is 286 g/mol. The van der Waals surface area contributed by atoms with Gasteiger partial charge < -0.3 is 20.2 Å². The third-order valence-electron chi connectivity index (χ3n) is 4.02. The van der Waals surface area contributed by atoms with Gasteiger partial charge in [0.25, 0.3) is 0 Å². The van der Waals surface area contributed by atoms with Gasteiger partial charge in [-0.3, -0.25) is 0 Å². The summed E-state index contributed by atoms with van der Waals surface area (Å²) in [6.45, 7) is 4.03. The van der Waals surface area contributed by atoms with Gasteiger partial charge in [-0.05, 0) is 62.7 Å². The lowest BCUT2D eigenvalue weighted by Gasteiger charge is -2.22. The molecule has 0 atom stereocenters. The second-order valence-corrected chi connectivity index (χ2v) is 5.61. The Hall–Kier alpha value is -1.78. The summed E-state index contributed by atoms with van der Waals surface area (Å²) in [5, 5.41) is 16.7. The van der Waals surface area contributed by atoms with Gasteiger partial charge in [-0.25, -0.2) is 0 Å². The van der Waals surface area contributed by atoms with Crippen LogP contribution in [0.15, 0.2) is 40.8 Å². The minimum atomic E-state index is 0.251. The number of phenols is 1. The molecule has 1 aliphatic rings. The third-order valence-corrected chi connectivity index (χ3v) is 4.02. The van der Waals surface area contributed by atoms with Crippen LogP contribution >= 0.6 is 0 Å². The van der Waals surface area contributed by atoms with Crippen LogP contribution in [0.2, 0.25) is 0 Å².